The predicted octanol–water partition coefficient (Wildman–Crippen LogP) is 3.44. The Kier molecular flexibility index (Phi) is 3.62. The number of carboxylic acids is 1. The van der Waals surface area contributed by atoms with Crippen molar-refractivity contribution in [2.75, 3.05) is 7.11 Å². The van der Waals surface area contributed by atoms with Crippen LogP contribution in [0.25, 0.3) is 23.2 Å². The molecule has 0 aliphatic rings. The lowest BCUT2D eigenvalue weighted by atomic mass is 10.2. The van der Waals surface area contributed by atoms with Crippen LogP contribution in [0.4, 0.5) is 0 Å². The van der Waals surface area contributed by atoms with E-state index in [-0.39, 0.29) is 5.56 Å². The molecule has 0 atom stereocenters. The second kappa shape index (κ2) is 5.73. The van der Waals surface area contributed by atoms with Crippen LogP contribution in [0.1, 0.15) is 21.7 Å². The molecule has 3 rings (SSSR count). The van der Waals surface area contributed by atoms with Crippen molar-refractivity contribution >= 4 is 29.2 Å². The van der Waals surface area contributed by atoms with Gasteiger partial charge in [-0.05, 0) is 35.9 Å². The van der Waals surface area contributed by atoms with Crippen molar-refractivity contribution in [1.82, 2.24) is 9.97 Å². The number of imidazole rings is 1. The Balaban J connectivity index is 1.91. The quantitative estimate of drug-likeness (QED) is 0.773. The van der Waals surface area contributed by atoms with E-state index < -0.39 is 5.97 Å². The van der Waals surface area contributed by atoms with Gasteiger partial charge in [0.05, 0.1) is 18.2 Å². The van der Waals surface area contributed by atoms with Crippen LogP contribution in [0.2, 0.25) is 0 Å². The number of hydrogen-bond donors (Lipinski definition) is 2. The summed E-state index contributed by atoms with van der Waals surface area (Å²) in [5.41, 5.74) is 2.36. The van der Waals surface area contributed by atoms with Gasteiger partial charge in [0.2, 0.25) is 0 Å². The summed E-state index contributed by atoms with van der Waals surface area (Å²) < 4.78 is 5.11. The summed E-state index contributed by atoms with van der Waals surface area (Å²) in [5, 5.41) is 9.17. The molecule has 0 aliphatic carbocycles. The fourth-order valence-corrected chi connectivity index (χ4v) is 2.19. The van der Waals surface area contributed by atoms with Gasteiger partial charge in [-0.1, -0.05) is 24.3 Å². The monoisotopic (exact) mass is 294 g/mol. The minimum Gasteiger partial charge on any atom is -0.497 e. The summed E-state index contributed by atoms with van der Waals surface area (Å²) in [6.45, 7) is 0. The fraction of sp³-hybridized carbons (Fsp3) is 0.0588. The number of aromatic amines is 1. The Labute approximate surface area is 126 Å². The first-order chi connectivity index (χ1) is 10.7. The molecule has 110 valence electrons. The number of hydrogen-bond acceptors (Lipinski definition) is 3. The number of fused-ring (bicyclic) bond motifs is 1. The summed E-state index contributed by atoms with van der Waals surface area (Å²) in [4.78, 5) is 18.6. The number of carboxylic acid groups (broad SMARTS) is 1. The molecule has 1 heterocycles. The molecule has 3 aromatic rings. The molecule has 5 nitrogen and oxygen atoms in total. The first-order valence-electron chi connectivity index (χ1n) is 6.71. The smallest absolute Gasteiger partial charge is 0.337 e. The molecule has 1 aromatic heterocycles. The highest BCUT2D eigenvalue weighted by Gasteiger charge is 2.11. The minimum atomic E-state index is -0.984. The number of aromatic nitrogens is 2. The van der Waals surface area contributed by atoms with Crippen LogP contribution < -0.4 is 4.74 Å². The molecule has 0 amide bonds. The van der Waals surface area contributed by atoms with E-state index in [0.29, 0.717) is 16.9 Å². The van der Waals surface area contributed by atoms with E-state index in [9.17, 15) is 4.79 Å². The Bertz CT molecular complexity index is 848. The summed E-state index contributed by atoms with van der Waals surface area (Å²) >= 11 is 0. The molecular weight excluding hydrogens is 280 g/mol. The SMILES string of the molecule is COc1ccc(C=Cc2nc3c(C(=O)O)cccc3[nH]2)cc1. The average molecular weight is 294 g/mol. The number of nitrogens with one attached hydrogen (secondary N) is 1. The molecule has 2 N–H and O–H groups in total. The molecule has 0 saturated carbocycles. The summed E-state index contributed by atoms with van der Waals surface area (Å²) in [6, 6.07) is 12.7. The van der Waals surface area contributed by atoms with Crippen LogP contribution in [-0.4, -0.2) is 28.2 Å². The van der Waals surface area contributed by atoms with Crippen molar-refractivity contribution in [3.63, 3.8) is 0 Å². The number of methoxy groups -OCH3 is 1. The Morgan fingerprint density at radius 3 is 2.64 bits per heavy atom. The molecule has 0 spiro atoms. The zero-order valence-corrected chi connectivity index (χ0v) is 11.9. The number of rotatable bonds is 4. The van der Waals surface area contributed by atoms with E-state index in [1.54, 1.807) is 25.3 Å². The Morgan fingerprint density at radius 1 is 1.18 bits per heavy atom. The first-order valence-corrected chi connectivity index (χ1v) is 6.71. The molecule has 5 heteroatoms. The lowest BCUT2D eigenvalue weighted by molar-refractivity contribution is 0.0699. The number of carbonyl (C=O) groups is 1. The molecular formula is C17H14N2O3. The third kappa shape index (κ3) is 2.69. The zero-order valence-electron chi connectivity index (χ0n) is 11.9. The highest BCUT2D eigenvalue weighted by molar-refractivity contribution is 6.01. The number of aromatic carboxylic acids is 1. The van der Waals surface area contributed by atoms with Crippen LogP contribution in [0.15, 0.2) is 42.5 Å². The Hall–Kier alpha value is -3.08. The van der Waals surface area contributed by atoms with Crippen molar-refractivity contribution in [2.45, 2.75) is 0 Å². The Morgan fingerprint density at radius 2 is 1.95 bits per heavy atom. The second-order valence-corrected chi connectivity index (χ2v) is 4.74. The summed E-state index contributed by atoms with van der Waals surface area (Å²) in [5.74, 6) is 0.425. The van der Waals surface area contributed by atoms with Gasteiger partial charge in [-0.25, -0.2) is 9.78 Å². The lowest BCUT2D eigenvalue weighted by Gasteiger charge is -1.98. The molecule has 22 heavy (non-hydrogen) atoms. The van der Waals surface area contributed by atoms with Gasteiger partial charge in [0, 0.05) is 0 Å². The van der Waals surface area contributed by atoms with Gasteiger partial charge >= 0.3 is 5.97 Å². The van der Waals surface area contributed by atoms with Crippen LogP contribution in [0.5, 0.6) is 5.75 Å². The van der Waals surface area contributed by atoms with E-state index in [0.717, 1.165) is 11.3 Å². The molecule has 0 radical (unpaired) electrons. The zero-order chi connectivity index (χ0) is 15.5. The fourth-order valence-electron chi connectivity index (χ4n) is 2.19. The van der Waals surface area contributed by atoms with Crippen molar-refractivity contribution < 1.29 is 14.6 Å². The molecule has 2 aromatic carbocycles. The van der Waals surface area contributed by atoms with Gasteiger partial charge in [0.25, 0.3) is 0 Å². The van der Waals surface area contributed by atoms with E-state index in [1.807, 2.05) is 36.4 Å². The second-order valence-electron chi connectivity index (χ2n) is 4.74. The van der Waals surface area contributed by atoms with Gasteiger partial charge in [-0.2, -0.15) is 0 Å². The third-order valence-electron chi connectivity index (χ3n) is 3.31. The number of ether oxygens (including phenoxy) is 1. The number of nitrogens with zero attached hydrogens (tertiary/aromatic N) is 1. The van der Waals surface area contributed by atoms with Crippen molar-refractivity contribution in [2.24, 2.45) is 0 Å². The van der Waals surface area contributed by atoms with Gasteiger partial charge in [0.15, 0.2) is 0 Å². The number of benzene rings is 2. The van der Waals surface area contributed by atoms with Gasteiger partial charge in [0.1, 0.15) is 17.1 Å². The third-order valence-corrected chi connectivity index (χ3v) is 3.31. The predicted molar refractivity (Wildman–Crippen MR) is 85.0 cm³/mol. The number of para-hydroxylation sites is 1. The van der Waals surface area contributed by atoms with Crippen molar-refractivity contribution in [3.05, 3.63) is 59.4 Å². The topological polar surface area (TPSA) is 75.2 Å². The summed E-state index contributed by atoms with van der Waals surface area (Å²) in [7, 11) is 1.62. The van der Waals surface area contributed by atoms with Gasteiger partial charge in [-0.15, -0.1) is 0 Å². The van der Waals surface area contributed by atoms with Crippen LogP contribution in [-0.2, 0) is 0 Å². The first kappa shape index (κ1) is 13.9. The maximum atomic E-state index is 11.2. The maximum absolute atomic E-state index is 11.2. The van der Waals surface area contributed by atoms with E-state index >= 15 is 0 Å². The molecule has 0 saturated heterocycles. The van der Waals surface area contributed by atoms with Crippen LogP contribution in [0, 0.1) is 0 Å². The molecule has 0 unspecified atom stereocenters. The molecule has 0 bridgehead atoms. The lowest BCUT2D eigenvalue weighted by Crippen LogP contribution is -1.96. The molecule has 0 fully saturated rings. The average Bonchev–Trinajstić information content (AvgIpc) is 2.96. The van der Waals surface area contributed by atoms with Crippen LogP contribution in [0.3, 0.4) is 0 Å². The minimum absolute atomic E-state index is 0.192. The molecule has 0 aliphatic heterocycles. The van der Waals surface area contributed by atoms with E-state index in [2.05, 4.69) is 9.97 Å². The standard InChI is InChI=1S/C17H14N2O3/c1-22-12-8-5-11(6-9-12)7-10-15-18-14-4-2-3-13(17(20)21)16(14)19-15/h2-10H,1H3,(H,18,19)(H,20,21). The van der Waals surface area contributed by atoms with Crippen LogP contribution >= 0.6 is 0 Å². The highest BCUT2D eigenvalue weighted by Crippen LogP contribution is 2.18. The maximum Gasteiger partial charge on any atom is 0.337 e. The van der Waals surface area contributed by atoms with Crippen molar-refractivity contribution in [1.29, 1.82) is 0 Å². The van der Waals surface area contributed by atoms with E-state index in [1.165, 1.54) is 0 Å². The normalized spacial score (nSPS) is 11.1. The van der Waals surface area contributed by atoms with Crippen molar-refractivity contribution in [3.8, 4) is 5.75 Å². The largest absolute Gasteiger partial charge is 0.497 e. The van der Waals surface area contributed by atoms with E-state index in [4.69, 9.17) is 9.84 Å². The van der Waals surface area contributed by atoms with Gasteiger partial charge in [-0.3, -0.25) is 0 Å². The highest BCUT2D eigenvalue weighted by atomic mass is 16.5. The van der Waals surface area contributed by atoms with Gasteiger partial charge < -0.3 is 14.8 Å². The summed E-state index contributed by atoms with van der Waals surface area (Å²) in [6.07, 6.45) is 3.71. The number of H-pyrrole nitrogens is 1.